The number of hydrogen-bond acceptors (Lipinski definition) is 5. The summed E-state index contributed by atoms with van der Waals surface area (Å²) in [5.41, 5.74) is 0. The van der Waals surface area contributed by atoms with Crippen LogP contribution in [0.1, 0.15) is 438 Å². The number of amides is 1. The van der Waals surface area contributed by atoms with E-state index in [0.29, 0.717) is 19.4 Å². The number of carbonyl (C=O) groups excluding carboxylic acids is 2. The Bertz CT molecular complexity index is 1470. The Labute approximate surface area is 550 Å². The molecule has 518 valence electrons. The molecule has 1 amide bonds. The fourth-order valence-electron chi connectivity index (χ4n) is 12.5. The largest absolute Gasteiger partial charge is 0.466 e. The van der Waals surface area contributed by atoms with E-state index in [-0.39, 0.29) is 18.5 Å². The average Bonchev–Trinajstić information content (AvgIpc) is 3.53. The molecule has 88 heavy (non-hydrogen) atoms. The molecule has 0 aromatic rings. The molecule has 6 heteroatoms. The van der Waals surface area contributed by atoms with Gasteiger partial charge in [0.1, 0.15) is 0 Å². The Hall–Kier alpha value is -2.18. The monoisotopic (exact) mass is 1230 g/mol. The smallest absolute Gasteiger partial charge is 0.305 e. The van der Waals surface area contributed by atoms with Crippen molar-refractivity contribution in [2.24, 2.45) is 0 Å². The Balaban J connectivity index is 3.37. The van der Waals surface area contributed by atoms with Crippen molar-refractivity contribution in [2.75, 3.05) is 13.2 Å². The van der Waals surface area contributed by atoms with Crippen LogP contribution in [0.25, 0.3) is 0 Å². The van der Waals surface area contributed by atoms with E-state index in [9.17, 15) is 19.8 Å². The van der Waals surface area contributed by atoms with Gasteiger partial charge >= 0.3 is 5.97 Å². The van der Waals surface area contributed by atoms with E-state index in [2.05, 4.69) is 55.6 Å². The van der Waals surface area contributed by atoms with Crippen molar-refractivity contribution in [2.45, 2.75) is 450 Å². The van der Waals surface area contributed by atoms with Crippen LogP contribution in [0, 0.1) is 0 Å². The number of aliphatic hydroxyl groups is 2. The molecule has 0 fully saturated rings. The molecule has 6 nitrogen and oxygen atoms in total. The van der Waals surface area contributed by atoms with Crippen LogP contribution >= 0.6 is 0 Å². The lowest BCUT2D eigenvalue weighted by Gasteiger charge is -2.20. The van der Waals surface area contributed by atoms with Gasteiger partial charge in [0.05, 0.1) is 25.4 Å². The predicted octanol–water partition coefficient (Wildman–Crippen LogP) is 26.4. The summed E-state index contributed by atoms with van der Waals surface area (Å²) in [5.74, 6) is -0.0550. The van der Waals surface area contributed by atoms with Gasteiger partial charge in [-0.1, -0.05) is 390 Å². The number of hydrogen-bond donors (Lipinski definition) is 3. The molecule has 0 spiro atoms. The Kier molecular flexibility index (Phi) is 75.4. The van der Waals surface area contributed by atoms with Crippen LogP contribution in [0.5, 0.6) is 0 Å². The van der Waals surface area contributed by atoms with Crippen molar-refractivity contribution in [3.8, 4) is 0 Å². The van der Waals surface area contributed by atoms with Crippen molar-refractivity contribution in [1.82, 2.24) is 5.32 Å². The van der Waals surface area contributed by atoms with Crippen LogP contribution in [0.4, 0.5) is 0 Å². The Morgan fingerprint density at radius 3 is 0.920 bits per heavy atom. The van der Waals surface area contributed by atoms with Crippen molar-refractivity contribution < 1.29 is 24.5 Å². The van der Waals surface area contributed by atoms with Crippen LogP contribution < -0.4 is 5.32 Å². The molecule has 0 aromatic carbocycles. The zero-order valence-electron chi connectivity index (χ0n) is 59.5. The summed E-state index contributed by atoms with van der Waals surface area (Å²) in [4.78, 5) is 24.6. The van der Waals surface area contributed by atoms with Gasteiger partial charge in [0.15, 0.2) is 0 Å². The molecule has 0 saturated carbocycles. The number of carbonyl (C=O) groups is 2. The molecule has 0 rings (SSSR count). The predicted molar refractivity (Wildman–Crippen MR) is 389 cm³/mol. The molecule has 0 heterocycles. The third-order valence-corrected chi connectivity index (χ3v) is 18.5. The normalized spacial score (nSPS) is 12.7. The molecule has 2 unspecified atom stereocenters. The quantitative estimate of drug-likeness (QED) is 0.0320. The molecule has 2 atom stereocenters. The molecule has 0 aliphatic heterocycles. The van der Waals surface area contributed by atoms with Crippen molar-refractivity contribution in [1.29, 1.82) is 0 Å². The zero-order valence-corrected chi connectivity index (χ0v) is 59.5. The van der Waals surface area contributed by atoms with Crippen LogP contribution in [-0.2, 0) is 14.3 Å². The number of nitrogens with one attached hydrogen (secondary N) is 1. The lowest BCUT2D eigenvalue weighted by atomic mass is 10.0. The first-order valence-electron chi connectivity index (χ1n) is 39.9. The van der Waals surface area contributed by atoms with Gasteiger partial charge in [0.2, 0.25) is 5.91 Å². The van der Waals surface area contributed by atoms with E-state index in [1.165, 1.54) is 360 Å². The van der Waals surface area contributed by atoms with Crippen LogP contribution in [0.2, 0.25) is 0 Å². The third kappa shape index (κ3) is 72.9. The molecule has 0 aliphatic carbocycles. The lowest BCUT2D eigenvalue weighted by Crippen LogP contribution is -2.45. The molecule has 0 aromatic heterocycles. The number of aliphatic hydroxyl groups excluding tert-OH is 2. The zero-order chi connectivity index (χ0) is 63.5. The lowest BCUT2D eigenvalue weighted by molar-refractivity contribution is -0.143. The van der Waals surface area contributed by atoms with E-state index in [1.54, 1.807) is 6.08 Å². The fourth-order valence-corrected chi connectivity index (χ4v) is 12.5. The summed E-state index contributed by atoms with van der Waals surface area (Å²) < 4.78 is 5.48. The first-order chi connectivity index (χ1) is 43.5. The van der Waals surface area contributed by atoms with Gasteiger partial charge < -0.3 is 20.3 Å². The number of esters is 1. The second kappa shape index (κ2) is 77.3. The van der Waals surface area contributed by atoms with Gasteiger partial charge in [-0.15, -0.1) is 0 Å². The van der Waals surface area contributed by atoms with Gasteiger partial charge in [-0.05, 0) is 83.5 Å². The summed E-state index contributed by atoms with van der Waals surface area (Å²) in [6.07, 6.45) is 102. The van der Waals surface area contributed by atoms with E-state index < -0.39 is 12.1 Å². The summed E-state index contributed by atoms with van der Waals surface area (Å²) in [6.45, 7) is 4.88. The third-order valence-electron chi connectivity index (χ3n) is 18.5. The van der Waals surface area contributed by atoms with E-state index in [1.807, 2.05) is 6.08 Å². The minimum Gasteiger partial charge on any atom is -0.466 e. The highest BCUT2D eigenvalue weighted by molar-refractivity contribution is 5.76. The van der Waals surface area contributed by atoms with Gasteiger partial charge in [0.25, 0.3) is 0 Å². The molecule has 0 saturated heterocycles. The first-order valence-corrected chi connectivity index (χ1v) is 39.9. The molecule has 0 aliphatic rings. The van der Waals surface area contributed by atoms with Gasteiger partial charge in [-0.25, -0.2) is 0 Å². The highest BCUT2D eigenvalue weighted by atomic mass is 16.5. The highest BCUT2D eigenvalue weighted by Crippen LogP contribution is 2.20. The van der Waals surface area contributed by atoms with Crippen molar-refractivity contribution in [3.63, 3.8) is 0 Å². The maximum Gasteiger partial charge on any atom is 0.305 e. The van der Waals surface area contributed by atoms with E-state index in [0.717, 1.165) is 51.4 Å². The fraction of sp³-hybridized carbons (Fsp3) is 0.878. The van der Waals surface area contributed by atoms with Gasteiger partial charge in [-0.3, -0.25) is 9.59 Å². The van der Waals surface area contributed by atoms with Crippen LogP contribution in [0.3, 0.4) is 0 Å². The number of rotatable bonds is 75. The van der Waals surface area contributed by atoms with Gasteiger partial charge in [0, 0.05) is 12.8 Å². The summed E-state index contributed by atoms with van der Waals surface area (Å²) in [5, 5.41) is 23.3. The molecule has 0 radical (unpaired) electrons. The summed E-state index contributed by atoms with van der Waals surface area (Å²) in [7, 11) is 0. The second-order valence-corrected chi connectivity index (χ2v) is 27.4. The summed E-state index contributed by atoms with van der Waals surface area (Å²) in [6, 6.07) is -0.627. The maximum absolute atomic E-state index is 12.6. The second-order valence-electron chi connectivity index (χ2n) is 27.4. The molecular weight excluding hydrogens is 1080 g/mol. The highest BCUT2D eigenvalue weighted by Gasteiger charge is 2.18. The number of ether oxygens (including phenoxy) is 1. The van der Waals surface area contributed by atoms with E-state index in [4.69, 9.17) is 4.74 Å². The molecule has 3 N–H and O–H groups in total. The Morgan fingerprint density at radius 1 is 0.318 bits per heavy atom. The summed E-state index contributed by atoms with van der Waals surface area (Å²) >= 11 is 0. The average molecular weight is 1240 g/mol. The van der Waals surface area contributed by atoms with Crippen molar-refractivity contribution >= 4 is 11.9 Å². The minimum atomic E-state index is -0.844. The number of unbranched alkanes of at least 4 members (excludes halogenated alkanes) is 58. The standard InChI is InChI=1S/C82H155NO5/c1-3-5-7-9-11-13-15-17-18-19-20-21-35-38-41-44-47-51-54-58-62-66-70-74-80(85)79(78-84)83-81(86)75-71-67-63-59-55-52-48-45-42-39-36-33-31-29-27-25-23-22-24-26-28-30-32-34-37-40-43-46-49-53-57-61-65-69-73-77-88-82(87)76-72-68-64-60-56-50-16-14-12-10-8-6-4-2/h8,10,14,16,24,26,70,74,79-80,84-85H,3-7,9,11-13,15,17-23,25,27-69,71-73,75-78H2,1-2H3,(H,83,86)/b10-8-,16-14-,26-24-,74-70+. The SMILES string of the molecule is CCC/C=C\C/C=C\CCCCCCCC(=O)OCCCCCCCCCCCCCCCC/C=C\CCCCCCCCCCCCCCCCCCCC(=O)NC(CO)C(O)/C=C/CCCCCCCCCCCCCCCCCCCCCCC. The van der Waals surface area contributed by atoms with E-state index >= 15 is 0 Å². The van der Waals surface area contributed by atoms with Crippen LogP contribution in [0.15, 0.2) is 48.6 Å². The van der Waals surface area contributed by atoms with Gasteiger partial charge in [-0.2, -0.15) is 0 Å². The maximum atomic E-state index is 12.6. The number of allylic oxidation sites excluding steroid dienone is 7. The van der Waals surface area contributed by atoms with Crippen molar-refractivity contribution in [3.05, 3.63) is 48.6 Å². The first kappa shape index (κ1) is 85.8. The van der Waals surface area contributed by atoms with Crippen LogP contribution in [-0.4, -0.2) is 47.4 Å². The molecular formula is C82H155NO5. The Morgan fingerprint density at radius 2 is 0.591 bits per heavy atom. The molecule has 0 bridgehead atoms. The minimum absolute atomic E-state index is 0.00490. The topological polar surface area (TPSA) is 95.9 Å².